The van der Waals surface area contributed by atoms with Crippen LogP contribution in [0.1, 0.15) is 122 Å². The van der Waals surface area contributed by atoms with E-state index in [1.165, 1.54) is 94.6 Å². The fourth-order valence-corrected chi connectivity index (χ4v) is 17.4. The molecule has 3 heterocycles. The second kappa shape index (κ2) is 21.1. The standard InChI is InChI=1S/C40H27ClO.C34H33BO2.C12H6BrClO/c1-39(2)32-11-5-7-13-34(32)40(35-14-8-6-12-33(35)39)31-10-4-3-9-27(31)28-18-15-25(22-36(28)40)24-16-19-37-29(21-24)30-23-26(41)17-20-38(30)42-37;1-31(2)26-15-9-11-17-28(26)34(29-18-12-10-16-27(29)31)25-14-8-7-13-23(25)24-20-19-22(21-30(24)34)35-36-32(3,4)33(5,6)37-35;13-7-1-3-11-9(5-7)10-6-8(14)2-4-12(10)15-11/h3-23H,1-2H3;7-21H,1-6H3;1-6H. The monoisotopic (exact) mass is 1320 g/mol. The molecular weight excluding hydrogens is 1260 g/mol. The summed E-state index contributed by atoms with van der Waals surface area (Å²) in [6.45, 7) is 17.9. The summed E-state index contributed by atoms with van der Waals surface area (Å²) in [5, 5.41) is 5.71. The average molecular weight is 1330 g/mol. The van der Waals surface area contributed by atoms with E-state index in [1.807, 2.05) is 54.6 Å². The van der Waals surface area contributed by atoms with E-state index in [0.717, 1.165) is 64.4 Å². The number of hydrogen-bond donors (Lipinski definition) is 0. The van der Waals surface area contributed by atoms with E-state index in [0.29, 0.717) is 5.02 Å². The molecule has 0 amide bonds. The van der Waals surface area contributed by atoms with Crippen molar-refractivity contribution in [2.45, 2.75) is 88.3 Å². The number of halogens is 3. The van der Waals surface area contributed by atoms with Gasteiger partial charge in [-0.2, -0.15) is 0 Å². The summed E-state index contributed by atoms with van der Waals surface area (Å²) in [4.78, 5) is 0. The molecule has 1 fully saturated rings. The van der Waals surface area contributed by atoms with Crippen LogP contribution in [-0.2, 0) is 31.0 Å². The Bertz CT molecular complexity index is 5320. The van der Waals surface area contributed by atoms with Crippen molar-refractivity contribution in [2.24, 2.45) is 0 Å². The lowest BCUT2D eigenvalue weighted by Gasteiger charge is -2.46. The van der Waals surface area contributed by atoms with Crippen molar-refractivity contribution in [2.75, 3.05) is 0 Å². The summed E-state index contributed by atoms with van der Waals surface area (Å²) in [7, 11) is -0.401. The second-order valence-corrected chi connectivity index (χ2v) is 29.8. The Labute approximate surface area is 567 Å². The van der Waals surface area contributed by atoms with E-state index in [2.05, 4.69) is 272 Å². The molecule has 19 rings (SSSR count). The molecule has 8 heteroatoms. The van der Waals surface area contributed by atoms with E-state index in [9.17, 15) is 0 Å². The smallest absolute Gasteiger partial charge is 0.456 e. The molecule has 0 radical (unpaired) electrons. The van der Waals surface area contributed by atoms with Gasteiger partial charge in [0.15, 0.2) is 0 Å². The van der Waals surface area contributed by atoms with Crippen molar-refractivity contribution in [3.05, 3.63) is 336 Å². The van der Waals surface area contributed by atoms with Crippen molar-refractivity contribution in [1.29, 1.82) is 0 Å². The van der Waals surface area contributed by atoms with Gasteiger partial charge in [0.2, 0.25) is 0 Å². The highest BCUT2D eigenvalue weighted by molar-refractivity contribution is 9.10. The van der Waals surface area contributed by atoms with Crippen LogP contribution in [0.3, 0.4) is 0 Å². The van der Waals surface area contributed by atoms with Gasteiger partial charge in [0.05, 0.1) is 22.0 Å². The number of hydrogen-bond acceptors (Lipinski definition) is 4. The SMILES string of the molecule is CC1(C)c2ccccc2C2(c3ccccc3-c3ccc(-c4ccc5oc6ccc(Cl)cc6c5c4)cc32)c2ccccc21.CC1(C)c2ccccc2C2(c3ccccc3-c3ccc(B4OC(C)(C)C(C)(C)O4)cc32)c2ccccc21.Clc1ccc2oc3ccc(Br)cc3c2c1. The molecule has 0 N–H and O–H groups in total. The van der Waals surface area contributed by atoms with Crippen molar-refractivity contribution in [3.8, 4) is 33.4 Å². The van der Waals surface area contributed by atoms with Crippen molar-refractivity contribution >= 4 is 95.6 Å². The van der Waals surface area contributed by atoms with Crippen molar-refractivity contribution in [3.63, 3.8) is 0 Å². The van der Waals surface area contributed by atoms with E-state index in [1.54, 1.807) is 0 Å². The quantitative estimate of drug-likeness (QED) is 0.162. The molecule has 4 nitrogen and oxygen atoms in total. The molecule has 94 heavy (non-hydrogen) atoms. The summed E-state index contributed by atoms with van der Waals surface area (Å²) in [5.41, 5.74) is 26.8. The van der Waals surface area contributed by atoms with E-state index < -0.39 is 17.9 Å². The number of furan rings is 2. The van der Waals surface area contributed by atoms with Gasteiger partial charge in [-0.25, -0.2) is 0 Å². The molecule has 0 unspecified atom stereocenters. The van der Waals surface area contributed by atoms with Gasteiger partial charge in [-0.3, -0.25) is 0 Å². The van der Waals surface area contributed by atoms with Crippen LogP contribution in [0.5, 0.6) is 0 Å². The van der Waals surface area contributed by atoms with E-state index in [-0.39, 0.29) is 22.0 Å². The van der Waals surface area contributed by atoms with Crippen molar-refractivity contribution < 1.29 is 18.1 Å². The minimum Gasteiger partial charge on any atom is -0.456 e. The molecule has 5 aliphatic rings. The highest BCUT2D eigenvalue weighted by Crippen LogP contribution is 2.64. The molecule has 0 bridgehead atoms. The largest absolute Gasteiger partial charge is 0.494 e. The zero-order valence-electron chi connectivity index (χ0n) is 53.6. The Morgan fingerprint density at radius 3 is 1.09 bits per heavy atom. The Morgan fingerprint density at radius 1 is 0.298 bits per heavy atom. The van der Waals surface area contributed by atoms with Gasteiger partial charge in [-0.1, -0.05) is 249 Å². The maximum atomic E-state index is 6.51. The first kappa shape index (κ1) is 59.1. The van der Waals surface area contributed by atoms with Crippen LogP contribution < -0.4 is 5.46 Å². The first-order valence-electron chi connectivity index (χ1n) is 32.4. The average Bonchev–Trinajstić information content (AvgIpc) is 1.41. The van der Waals surface area contributed by atoms with Crippen LogP contribution in [0.15, 0.2) is 268 Å². The second-order valence-electron chi connectivity index (χ2n) is 28.0. The summed E-state index contributed by atoms with van der Waals surface area (Å²) in [6, 6.07) is 92.1. The third-order valence-corrected chi connectivity index (χ3v) is 22.8. The Morgan fingerprint density at radius 2 is 0.628 bits per heavy atom. The van der Waals surface area contributed by atoms with Gasteiger partial charge in [0.1, 0.15) is 22.3 Å². The lowest BCUT2D eigenvalue weighted by atomic mass is 9.55. The molecular formula is C86H66BBrCl2O4. The van der Waals surface area contributed by atoms with Gasteiger partial charge in [0, 0.05) is 46.9 Å². The molecule has 0 atom stereocenters. The summed E-state index contributed by atoms with van der Waals surface area (Å²) < 4.78 is 25.9. The molecule has 12 aromatic carbocycles. The zero-order valence-corrected chi connectivity index (χ0v) is 56.7. The highest BCUT2D eigenvalue weighted by Gasteiger charge is 2.57. The summed E-state index contributed by atoms with van der Waals surface area (Å²) in [6.07, 6.45) is 0. The predicted molar refractivity (Wildman–Crippen MR) is 392 cm³/mol. The first-order valence-corrected chi connectivity index (χ1v) is 34.0. The molecule has 2 spiro atoms. The van der Waals surface area contributed by atoms with Gasteiger partial charge in [-0.15, -0.1) is 0 Å². The minimum absolute atomic E-state index is 0.0978. The third kappa shape index (κ3) is 8.45. The molecule has 14 aromatic rings. The number of rotatable bonds is 2. The topological polar surface area (TPSA) is 44.7 Å². The molecule has 2 aromatic heterocycles. The fraction of sp³-hybridized carbons (Fsp3) is 0.163. The van der Waals surface area contributed by atoms with Crippen LogP contribution in [0.2, 0.25) is 10.0 Å². The molecule has 458 valence electrons. The van der Waals surface area contributed by atoms with E-state index >= 15 is 0 Å². The van der Waals surface area contributed by atoms with Crippen LogP contribution in [0.25, 0.3) is 77.3 Å². The Kier molecular flexibility index (Phi) is 13.3. The fourth-order valence-electron chi connectivity index (χ4n) is 16.7. The van der Waals surface area contributed by atoms with Gasteiger partial charge in [0.25, 0.3) is 0 Å². The maximum Gasteiger partial charge on any atom is 0.494 e. The molecule has 1 aliphatic heterocycles. The predicted octanol–water partition coefficient (Wildman–Crippen LogP) is 22.9. The number of fused-ring (bicyclic) bond motifs is 24. The lowest BCUT2D eigenvalue weighted by molar-refractivity contribution is 0.00578. The molecule has 4 aliphatic carbocycles. The van der Waals surface area contributed by atoms with Crippen LogP contribution in [0, 0.1) is 0 Å². The van der Waals surface area contributed by atoms with Crippen LogP contribution in [0.4, 0.5) is 0 Å². The molecule has 1 saturated heterocycles. The van der Waals surface area contributed by atoms with Crippen LogP contribution >= 0.6 is 39.1 Å². The first-order chi connectivity index (χ1) is 45.3. The maximum absolute atomic E-state index is 6.51. The highest BCUT2D eigenvalue weighted by atomic mass is 79.9. The van der Waals surface area contributed by atoms with Crippen LogP contribution in [-0.4, -0.2) is 18.3 Å². The normalized spacial score (nSPS) is 16.9. The number of benzene rings is 12. The Hall–Kier alpha value is -8.72. The van der Waals surface area contributed by atoms with E-state index in [4.69, 9.17) is 41.3 Å². The lowest BCUT2D eigenvalue weighted by Crippen LogP contribution is -2.41. The van der Waals surface area contributed by atoms with Gasteiger partial charge >= 0.3 is 7.12 Å². The van der Waals surface area contributed by atoms with Crippen molar-refractivity contribution in [1.82, 2.24) is 0 Å². The summed E-state index contributed by atoms with van der Waals surface area (Å²) in [5.74, 6) is 0. The third-order valence-electron chi connectivity index (χ3n) is 21.8. The van der Waals surface area contributed by atoms with Gasteiger partial charge < -0.3 is 18.1 Å². The summed E-state index contributed by atoms with van der Waals surface area (Å²) >= 11 is 15.8. The Balaban J connectivity index is 0.000000118. The van der Waals surface area contributed by atoms with Gasteiger partial charge in [-0.05, 0) is 206 Å². The minimum atomic E-state index is -0.401. The molecule has 0 saturated carbocycles. The zero-order chi connectivity index (χ0) is 64.4.